The van der Waals surface area contributed by atoms with Gasteiger partial charge in [0.05, 0.1) is 17.8 Å². The van der Waals surface area contributed by atoms with Crippen LogP contribution < -0.4 is 10.6 Å². The smallest absolute Gasteiger partial charge is 0.253 e. The molecule has 1 saturated heterocycles. The van der Waals surface area contributed by atoms with Crippen LogP contribution in [0.1, 0.15) is 61.2 Å². The quantitative estimate of drug-likeness (QED) is 0.437. The third-order valence-electron chi connectivity index (χ3n) is 7.26. The van der Waals surface area contributed by atoms with E-state index < -0.39 is 0 Å². The zero-order valence-electron chi connectivity index (χ0n) is 20.8. The van der Waals surface area contributed by atoms with E-state index in [-0.39, 0.29) is 23.8 Å². The maximum absolute atomic E-state index is 13.1. The van der Waals surface area contributed by atoms with Gasteiger partial charge in [0, 0.05) is 22.5 Å². The van der Waals surface area contributed by atoms with E-state index in [1.165, 1.54) is 6.42 Å². The van der Waals surface area contributed by atoms with E-state index in [0.717, 1.165) is 57.2 Å². The fourth-order valence-electron chi connectivity index (χ4n) is 5.11. The molecule has 2 fully saturated rings. The average molecular weight is 522 g/mol. The number of piperidine rings is 1. The number of anilines is 1. The number of para-hydroxylation sites is 1. The fraction of sp³-hybridized carbons (Fsp3) is 0.429. The van der Waals surface area contributed by atoms with Gasteiger partial charge < -0.3 is 15.2 Å². The lowest BCUT2D eigenvalue weighted by molar-refractivity contribution is -0.121. The Morgan fingerprint density at radius 2 is 1.70 bits per heavy atom. The lowest BCUT2D eigenvalue weighted by Crippen LogP contribution is -2.38. The molecule has 1 saturated carbocycles. The number of nitrogens with one attached hydrogen (secondary N) is 2. The van der Waals surface area contributed by atoms with Crippen molar-refractivity contribution in [3.05, 3.63) is 65.0 Å². The number of halogens is 1. The maximum Gasteiger partial charge on any atom is 0.253 e. The van der Waals surface area contributed by atoms with Gasteiger partial charge in [-0.15, -0.1) is 0 Å². The molecule has 1 aromatic heterocycles. The Bertz CT molecular complexity index is 1210. The Morgan fingerprint density at radius 1 is 0.973 bits per heavy atom. The van der Waals surface area contributed by atoms with Crippen molar-refractivity contribution in [3.63, 3.8) is 0 Å². The first-order valence-corrected chi connectivity index (χ1v) is 13.4. The molecular formula is C28H32ClN5O3. The van der Waals surface area contributed by atoms with E-state index in [2.05, 4.69) is 25.7 Å². The number of carbonyl (C=O) groups is 2. The lowest BCUT2D eigenvalue weighted by Gasteiger charge is -2.30. The van der Waals surface area contributed by atoms with Crippen LogP contribution in [-0.2, 0) is 11.3 Å². The molecule has 2 aromatic carbocycles. The largest absolute Gasteiger partial charge is 0.349 e. The molecule has 37 heavy (non-hydrogen) atoms. The Balaban J connectivity index is 1.13. The molecule has 194 valence electrons. The molecule has 2 amide bonds. The molecule has 5 rings (SSSR count). The van der Waals surface area contributed by atoms with Crippen LogP contribution in [0.25, 0.3) is 11.4 Å². The van der Waals surface area contributed by atoms with Crippen LogP contribution in [0.4, 0.5) is 5.69 Å². The average Bonchev–Trinajstić information content (AvgIpc) is 3.39. The molecule has 0 spiro atoms. The maximum atomic E-state index is 13.1. The van der Waals surface area contributed by atoms with Gasteiger partial charge in [-0.25, -0.2) is 0 Å². The zero-order chi connectivity index (χ0) is 25.6. The predicted octanol–water partition coefficient (Wildman–Crippen LogP) is 5.30. The molecule has 1 aliphatic carbocycles. The van der Waals surface area contributed by atoms with Crippen molar-refractivity contribution < 1.29 is 14.1 Å². The van der Waals surface area contributed by atoms with Gasteiger partial charge in [0.25, 0.3) is 5.91 Å². The van der Waals surface area contributed by atoms with E-state index in [4.69, 9.17) is 16.1 Å². The Morgan fingerprint density at radius 3 is 2.46 bits per heavy atom. The molecule has 0 radical (unpaired) electrons. The van der Waals surface area contributed by atoms with Gasteiger partial charge in [0.15, 0.2) is 0 Å². The highest BCUT2D eigenvalue weighted by atomic mass is 35.5. The SMILES string of the molecule is O=C(NC1CCCCC1)c1ccccc1NC(=O)C1CCN(Cc2nc(-c3ccc(Cl)cc3)no2)CC1. The van der Waals surface area contributed by atoms with Crippen molar-refractivity contribution in [2.24, 2.45) is 5.92 Å². The summed E-state index contributed by atoms with van der Waals surface area (Å²) in [5, 5.41) is 10.9. The highest BCUT2D eigenvalue weighted by Crippen LogP contribution is 2.24. The Hall–Kier alpha value is -3.23. The second kappa shape index (κ2) is 11.9. The van der Waals surface area contributed by atoms with Crippen molar-refractivity contribution in [2.45, 2.75) is 57.5 Å². The van der Waals surface area contributed by atoms with Gasteiger partial charge in [-0.3, -0.25) is 14.5 Å². The fourth-order valence-corrected chi connectivity index (χ4v) is 5.24. The second-order valence-electron chi connectivity index (χ2n) is 9.91. The van der Waals surface area contributed by atoms with Crippen molar-refractivity contribution in [3.8, 4) is 11.4 Å². The van der Waals surface area contributed by atoms with Crippen LogP contribution in [0.5, 0.6) is 0 Å². The molecule has 0 atom stereocenters. The summed E-state index contributed by atoms with van der Waals surface area (Å²) in [7, 11) is 0. The number of hydrogen-bond donors (Lipinski definition) is 2. The van der Waals surface area contributed by atoms with Crippen LogP contribution >= 0.6 is 11.6 Å². The first kappa shape index (κ1) is 25.4. The number of carbonyl (C=O) groups excluding carboxylic acids is 2. The van der Waals surface area contributed by atoms with Gasteiger partial charge >= 0.3 is 0 Å². The topological polar surface area (TPSA) is 100 Å². The monoisotopic (exact) mass is 521 g/mol. The lowest BCUT2D eigenvalue weighted by atomic mass is 9.95. The van der Waals surface area contributed by atoms with Crippen LogP contribution in [0.2, 0.25) is 5.02 Å². The van der Waals surface area contributed by atoms with Crippen molar-refractivity contribution in [1.82, 2.24) is 20.4 Å². The minimum absolute atomic E-state index is 0.0413. The van der Waals surface area contributed by atoms with Crippen LogP contribution in [0.15, 0.2) is 53.1 Å². The van der Waals surface area contributed by atoms with Crippen molar-refractivity contribution >= 4 is 29.1 Å². The van der Waals surface area contributed by atoms with E-state index >= 15 is 0 Å². The number of amides is 2. The number of nitrogens with zero attached hydrogens (tertiary/aromatic N) is 3. The highest BCUT2D eigenvalue weighted by Gasteiger charge is 2.27. The highest BCUT2D eigenvalue weighted by molar-refractivity contribution is 6.30. The summed E-state index contributed by atoms with van der Waals surface area (Å²) in [5.74, 6) is 0.812. The van der Waals surface area contributed by atoms with Crippen molar-refractivity contribution in [2.75, 3.05) is 18.4 Å². The summed E-state index contributed by atoms with van der Waals surface area (Å²) < 4.78 is 5.44. The molecular weight excluding hydrogens is 490 g/mol. The third kappa shape index (κ3) is 6.56. The van der Waals surface area contributed by atoms with Crippen molar-refractivity contribution in [1.29, 1.82) is 0 Å². The number of likely N-dealkylation sites (tertiary alicyclic amines) is 1. The number of aromatic nitrogens is 2. The minimum atomic E-state index is -0.116. The molecule has 2 heterocycles. The molecule has 9 heteroatoms. The molecule has 8 nitrogen and oxygen atoms in total. The molecule has 2 aliphatic rings. The number of hydrogen-bond acceptors (Lipinski definition) is 6. The van der Waals surface area contributed by atoms with E-state index in [1.807, 2.05) is 24.3 Å². The summed E-state index contributed by atoms with van der Waals surface area (Å²) >= 11 is 5.95. The summed E-state index contributed by atoms with van der Waals surface area (Å²) in [6, 6.07) is 14.8. The van der Waals surface area contributed by atoms with Gasteiger partial charge in [-0.05, 0) is 75.2 Å². The van der Waals surface area contributed by atoms with Gasteiger partial charge in [-0.2, -0.15) is 4.98 Å². The van der Waals surface area contributed by atoms with E-state index in [0.29, 0.717) is 34.5 Å². The molecule has 0 bridgehead atoms. The number of rotatable bonds is 7. The standard InChI is InChI=1S/C28H32ClN5O3/c29-21-12-10-19(11-13-21)26-32-25(37-33-26)18-34-16-14-20(15-17-34)27(35)31-24-9-5-4-8-23(24)28(36)30-22-6-2-1-3-7-22/h4-5,8-13,20,22H,1-3,6-7,14-18H2,(H,30,36)(H,31,35). The van der Waals surface area contributed by atoms with Crippen LogP contribution in [-0.4, -0.2) is 46.0 Å². The van der Waals surface area contributed by atoms with E-state index in [9.17, 15) is 9.59 Å². The summed E-state index contributed by atoms with van der Waals surface area (Å²) in [6.45, 7) is 2.04. The molecule has 0 unspecified atom stereocenters. The van der Waals surface area contributed by atoms with Gasteiger partial charge in [-0.1, -0.05) is 48.2 Å². The van der Waals surface area contributed by atoms with Crippen LogP contribution in [0.3, 0.4) is 0 Å². The minimum Gasteiger partial charge on any atom is -0.349 e. The predicted molar refractivity (Wildman–Crippen MR) is 142 cm³/mol. The second-order valence-corrected chi connectivity index (χ2v) is 10.3. The zero-order valence-corrected chi connectivity index (χ0v) is 21.5. The third-order valence-corrected chi connectivity index (χ3v) is 7.51. The Kier molecular flexibility index (Phi) is 8.16. The van der Waals surface area contributed by atoms with Gasteiger partial charge in [0.2, 0.25) is 17.6 Å². The van der Waals surface area contributed by atoms with Gasteiger partial charge in [0.1, 0.15) is 0 Å². The van der Waals surface area contributed by atoms with E-state index in [1.54, 1.807) is 24.3 Å². The summed E-state index contributed by atoms with van der Waals surface area (Å²) in [4.78, 5) is 32.7. The Labute approximate surface area is 221 Å². The normalized spacial score (nSPS) is 17.4. The first-order valence-electron chi connectivity index (χ1n) is 13.1. The molecule has 1 aliphatic heterocycles. The number of benzene rings is 2. The summed E-state index contributed by atoms with van der Waals surface area (Å²) in [6.07, 6.45) is 7.02. The molecule has 2 N–H and O–H groups in total. The van der Waals surface area contributed by atoms with Crippen LogP contribution in [0, 0.1) is 5.92 Å². The first-order chi connectivity index (χ1) is 18.0. The summed E-state index contributed by atoms with van der Waals surface area (Å²) in [5.41, 5.74) is 1.94. The molecule has 3 aromatic rings.